The lowest BCUT2D eigenvalue weighted by Gasteiger charge is -2.36. The van der Waals surface area contributed by atoms with Crippen molar-refractivity contribution in [2.24, 2.45) is 0 Å². The van der Waals surface area contributed by atoms with E-state index in [1.165, 1.54) is 19.3 Å². The van der Waals surface area contributed by atoms with Gasteiger partial charge in [-0.3, -0.25) is 4.79 Å². The standard InChI is InChI=1S/C15H26O5/c1-3-5-6-7-9-15-10-8-12(18-15)13(19-20-15)11-14(16)17-4-2/h12-13H,3-11H2,1-2H3/t12-,13-,15-/m1/s1. The van der Waals surface area contributed by atoms with Crippen LogP contribution in [0.3, 0.4) is 0 Å². The Morgan fingerprint density at radius 3 is 2.90 bits per heavy atom. The number of hydrogen-bond donors (Lipinski definition) is 0. The second-order valence-electron chi connectivity index (χ2n) is 5.64. The van der Waals surface area contributed by atoms with Crippen LogP contribution in [0.4, 0.5) is 0 Å². The molecule has 2 bridgehead atoms. The van der Waals surface area contributed by atoms with Crippen molar-refractivity contribution >= 4 is 5.97 Å². The molecule has 0 spiro atoms. The lowest BCUT2D eigenvalue weighted by Crippen LogP contribution is -2.44. The average molecular weight is 286 g/mol. The molecule has 2 aliphatic rings. The van der Waals surface area contributed by atoms with Crippen LogP contribution < -0.4 is 0 Å². The first-order valence-electron chi connectivity index (χ1n) is 7.87. The third-order valence-corrected chi connectivity index (χ3v) is 4.00. The van der Waals surface area contributed by atoms with Crippen LogP contribution in [0.1, 0.15) is 65.2 Å². The Labute approximate surface area is 120 Å². The smallest absolute Gasteiger partial charge is 0.308 e. The van der Waals surface area contributed by atoms with Crippen LogP contribution in [0.25, 0.3) is 0 Å². The SMILES string of the molecule is CCCCCC[C@@]12CC[C@@H](O1)[C@@H](CC(=O)OCC)OO2. The van der Waals surface area contributed by atoms with Gasteiger partial charge < -0.3 is 9.47 Å². The van der Waals surface area contributed by atoms with Gasteiger partial charge in [0.05, 0.1) is 19.1 Å². The second kappa shape index (κ2) is 7.38. The zero-order valence-corrected chi connectivity index (χ0v) is 12.6. The molecule has 0 amide bonds. The zero-order valence-electron chi connectivity index (χ0n) is 12.6. The molecule has 0 aliphatic carbocycles. The first-order valence-corrected chi connectivity index (χ1v) is 7.87. The average Bonchev–Trinajstić information content (AvgIpc) is 2.78. The first-order chi connectivity index (χ1) is 9.69. The van der Waals surface area contributed by atoms with Crippen molar-refractivity contribution in [1.29, 1.82) is 0 Å². The van der Waals surface area contributed by atoms with E-state index in [9.17, 15) is 4.79 Å². The fraction of sp³-hybridized carbons (Fsp3) is 0.933. The monoisotopic (exact) mass is 286 g/mol. The topological polar surface area (TPSA) is 54.0 Å². The molecule has 0 aromatic carbocycles. The van der Waals surface area contributed by atoms with Gasteiger partial charge in [0.1, 0.15) is 6.10 Å². The Morgan fingerprint density at radius 1 is 1.30 bits per heavy atom. The molecule has 0 radical (unpaired) electrons. The summed E-state index contributed by atoms with van der Waals surface area (Å²) in [7, 11) is 0. The van der Waals surface area contributed by atoms with Crippen LogP contribution in [0, 0.1) is 0 Å². The molecule has 0 saturated carbocycles. The highest BCUT2D eigenvalue weighted by molar-refractivity contribution is 5.70. The minimum atomic E-state index is -0.566. The van der Waals surface area contributed by atoms with E-state index in [4.69, 9.17) is 19.2 Å². The number of unbranched alkanes of at least 4 members (excludes halogenated alkanes) is 3. The lowest BCUT2D eigenvalue weighted by molar-refractivity contribution is -0.485. The van der Waals surface area contributed by atoms with Crippen molar-refractivity contribution in [3.63, 3.8) is 0 Å². The Morgan fingerprint density at radius 2 is 2.15 bits per heavy atom. The summed E-state index contributed by atoms with van der Waals surface area (Å²) >= 11 is 0. The molecule has 20 heavy (non-hydrogen) atoms. The Bertz CT molecular complexity index is 319. The molecule has 0 N–H and O–H groups in total. The van der Waals surface area contributed by atoms with Gasteiger partial charge in [-0.15, -0.1) is 0 Å². The number of ether oxygens (including phenoxy) is 2. The summed E-state index contributed by atoms with van der Waals surface area (Å²) in [5.41, 5.74) is 0. The zero-order chi connectivity index (χ0) is 14.4. The first kappa shape index (κ1) is 15.7. The molecular weight excluding hydrogens is 260 g/mol. The maximum atomic E-state index is 11.5. The molecule has 2 aliphatic heterocycles. The van der Waals surface area contributed by atoms with Gasteiger partial charge >= 0.3 is 5.97 Å². The van der Waals surface area contributed by atoms with Crippen LogP contribution in [0.5, 0.6) is 0 Å². The fourth-order valence-corrected chi connectivity index (χ4v) is 2.89. The van der Waals surface area contributed by atoms with Crippen molar-refractivity contribution in [2.75, 3.05) is 6.61 Å². The number of carbonyl (C=O) groups is 1. The Hall–Kier alpha value is -0.650. The van der Waals surface area contributed by atoms with Gasteiger partial charge in [-0.25, -0.2) is 9.78 Å². The summed E-state index contributed by atoms with van der Waals surface area (Å²) < 4.78 is 10.9. The molecule has 2 rings (SSSR count). The van der Waals surface area contributed by atoms with Crippen LogP contribution >= 0.6 is 0 Å². The highest BCUT2D eigenvalue weighted by Gasteiger charge is 2.50. The van der Waals surface area contributed by atoms with E-state index in [2.05, 4.69) is 6.92 Å². The van der Waals surface area contributed by atoms with Crippen molar-refractivity contribution in [2.45, 2.75) is 83.2 Å². The van der Waals surface area contributed by atoms with Gasteiger partial charge in [-0.1, -0.05) is 26.2 Å². The molecule has 116 valence electrons. The van der Waals surface area contributed by atoms with E-state index in [0.29, 0.717) is 6.61 Å². The Kier molecular flexibility index (Phi) is 5.81. The largest absolute Gasteiger partial charge is 0.466 e. The minimum Gasteiger partial charge on any atom is -0.466 e. The highest BCUT2D eigenvalue weighted by atomic mass is 17.2. The normalized spacial score (nSPS) is 32.3. The van der Waals surface area contributed by atoms with Crippen LogP contribution in [0.2, 0.25) is 0 Å². The summed E-state index contributed by atoms with van der Waals surface area (Å²) in [6, 6.07) is 0. The summed E-state index contributed by atoms with van der Waals surface area (Å²) in [6.07, 6.45) is 7.18. The van der Waals surface area contributed by atoms with Gasteiger partial charge in [0, 0.05) is 12.8 Å². The number of rotatable bonds is 8. The van der Waals surface area contributed by atoms with Crippen LogP contribution in [-0.4, -0.2) is 30.6 Å². The number of esters is 1. The van der Waals surface area contributed by atoms with E-state index in [-0.39, 0.29) is 24.6 Å². The molecule has 0 aromatic heterocycles. The number of fused-ring (bicyclic) bond motifs is 2. The summed E-state index contributed by atoms with van der Waals surface area (Å²) in [4.78, 5) is 22.4. The minimum absolute atomic E-state index is 0.0423. The Balaban J connectivity index is 1.77. The van der Waals surface area contributed by atoms with Crippen LogP contribution in [0.15, 0.2) is 0 Å². The molecule has 3 atom stereocenters. The maximum absolute atomic E-state index is 11.5. The summed E-state index contributed by atoms with van der Waals surface area (Å²) in [5.74, 6) is -0.823. The van der Waals surface area contributed by atoms with Crippen LogP contribution in [-0.2, 0) is 24.0 Å². The van der Waals surface area contributed by atoms with Gasteiger partial charge in [-0.05, 0) is 19.8 Å². The van der Waals surface area contributed by atoms with Crippen molar-refractivity contribution in [1.82, 2.24) is 0 Å². The van der Waals surface area contributed by atoms with E-state index in [1.807, 2.05) is 0 Å². The highest BCUT2D eigenvalue weighted by Crippen LogP contribution is 2.42. The van der Waals surface area contributed by atoms with E-state index < -0.39 is 5.79 Å². The fourth-order valence-electron chi connectivity index (χ4n) is 2.89. The molecule has 5 heteroatoms. The predicted octanol–water partition coefficient (Wildman–Crippen LogP) is 3.12. The molecule has 2 fully saturated rings. The molecule has 0 aromatic rings. The van der Waals surface area contributed by atoms with Gasteiger partial charge in [0.15, 0.2) is 0 Å². The molecule has 2 saturated heterocycles. The molecule has 0 unspecified atom stereocenters. The van der Waals surface area contributed by atoms with E-state index >= 15 is 0 Å². The van der Waals surface area contributed by atoms with Gasteiger partial charge in [0.2, 0.25) is 5.79 Å². The van der Waals surface area contributed by atoms with Gasteiger partial charge in [0.25, 0.3) is 0 Å². The second-order valence-corrected chi connectivity index (χ2v) is 5.64. The lowest BCUT2D eigenvalue weighted by atomic mass is 10.0. The quantitative estimate of drug-likeness (QED) is 0.390. The molecule has 2 heterocycles. The van der Waals surface area contributed by atoms with Crippen molar-refractivity contribution in [3.8, 4) is 0 Å². The number of hydrogen-bond acceptors (Lipinski definition) is 5. The van der Waals surface area contributed by atoms with Gasteiger partial charge in [-0.2, -0.15) is 0 Å². The molecular formula is C15H26O5. The van der Waals surface area contributed by atoms with E-state index in [1.54, 1.807) is 6.92 Å². The van der Waals surface area contributed by atoms with Crippen molar-refractivity contribution < 1.29 is 24.0 Å². The molecule has 5 nitrogen and oxygen atoms in total. The number of carbonyl (C=O) groups excluding carboxylic acids is 1. The maximum Gasteiger partial charge on any atom is 0.308 e. The summed E-state index contributed by atoms with van der Waals surface area (Å²) in [5, 5.41) is 0. The van der Waals surface area contributed by atoms with E-state index in [0.717, 1.165) is 25.7 Å². The summed E-state index contributed by atoms with van der Waals surface area (Å²) in [6.45, 7) is 4.38. The van der Waals surface area contributed by atoms with Crippen molar-refractivity contribution in [3.05, 3.63) is 0 Å². The third-order valence-electron chi connectivity index (χ3n) is 4.00. The third kappa shape index (κ3) is 3.93. The predicted molar refractivity (Wildman–Crippen MR) is 72.8 cm³/mol.